The number of nitrogens with zero attached hydrogens (tertiary/aromatic N) is 1. The molecule has 1 atom stereocenters. The van der Waals surface area contributed by atoms with E-state index >= 15 is 0 Å². The van der Waals surface area contributed by atoms with E-state index in [-0.39, 0.29) is 30.3 Å². The minimum absolute atomic E-state index is 0. The molecular weight excluding hydrogens is 230 g/mol. The second-order valence-electron chi connectivity index (χ2n) is 3.95. The number of hydrogen-bond donors (Lipinski definition) is 2. The fourth-order valence-corrected chi connectivity index (χ4v) is 1.75. The molecule has 0 aromatic rings. The van der Waals surface area contributed by atoms with E-state index < -0.39 is 0 Å². The first-order valence-electron chi connectivity index (χ1n) is 5.40. The van der Waals surface area contributed by atoms with E-state index in [0.717, 1.165) is 13.0 Å². The van der Waals surface area contributed by atoms with Gasteiger partial charge in [0, 0.05) is 38.5 Å². The van der Waals surface area contributed by atoms with Gasteiger partial charge in [-0.2, -0.15) is 0 Å². The number of rotatable bonds is 5. The number of likely N-dealkylation sites (tertiary alicyclic amines) is 1. The van der Waals surface area contributed by atoms with Gasteiger partial charge in [0.25, 0.3) is 0 Å². The zero-order chi connectivity index (χ0) is 11.3. The highest BCUT2D eigenvalue weighted by atomic mass is 35.5. The van der Waals surface area contributed by atoms with Crippen molar-refractivity contribution in [3.05, 3.63) is 0 Å². The number of carbonyl (C=O) groups excluding carboxylic acids is 2. The molecule has 0 aromatic heterocycles. The van der Waals surface area contributed by atoms with Gasteiger partial charge in [-0.25, -0.2) is 0 Å². The second-order valence-corrected chi connectivity index (χ2v) is 3.95. The first kappa shape index (κ1) is 15.2. The average molecular weight is 250 g/mol. The predicted molar refractivity (Wildman–Crippen MR) is 64.3 cm³/mol. The lowest BCUT2D eigenvalue weighted by Crippen LogP contribution is -2.42. The van der Waals surface area contributed by atoms with Gasteiger partial charge in [-0.3, -0.25) is 9.59 Å². The molecule has 1 unspecified atom stereocenters. The minimum Gasteiger partial charge on any atom is -0.352 e. The zero-order valence-corrected chi connectivity index (χ0v) is 10.4. The second kappa shape index (κ2) is 7.46. The van der Waals surface area contributed by atoms with Crippen molar-refractivity contribution < 1.29 is 9.59 Å². The molecule has 1 saturated heterocycles. The molecule has 1 rings (SSSR count). The van der Waals surface area contributed by atoms with Gasteiger partial charge < -0.3 is 16.0 Å². The van der Waals surface area contributed by atoms with Gasteiger partial charge >= 0.3 is 0 Å². The molecule has 1 heterocycles. The van der Waals surface area contributed by atoms with Crippen LogP contribution in [0, 0.1) is 0 Å². The molecule has 1 aliphatic rings. The molecule has 1 fully saturated rings. The Morgan fingerprint density at radius 2 is 2.31 bits per heavy atom. The van der Waals surface area contributed by atoms with Crippen LogP contribution in [0.4, 0.5) is 0 Å². The Kier molecular flexibility index (Phi) is 7.08. The van der Waals surface area contributed by atoms with Gasteiger partial charge in [0.1, 0.15) is 0 Å². The molecule has 0 aromatic carbocycles. The number of hydrogen-bond acceptors (Lipinski definition) is 3. The van der Waals surface area contributed by atoms with Crippen molar-refractivity contribution >= 4 is 24.2 Å². The molecule has 1 aliphatic heterocycles. The van der Waals surface area contributed by atoms with Crippen LogP contribution in [0.1, 0.15) is 26.2 Å². The van der Waals surface area contributed by atoms with Crippen LogP contribution in [0.5, 0.6) is 0 Å². The molecule has 94 valence electrons. The SMILES string of the molecule is CC(CN1CCCC1=O)NC(=O)CCN.Cl. The molecule has 6 heteroatoms. The Labute approximate surface area is 102 Å². The van der Waals surface area contributed by atoms with Crippen molar-refractivity contribution in [2.24, 2.45) is 5.73 Å². The maximum Gasteiger partial charge on any atom is 0.222 e. The Hall–Kier alpha value is -0.810. The van der Waals surface area contributed by atoms with Gasteiger partial charge in [-0.15, -0.1) is 12.4 Å². The molecule has 16 heavy (non-hydrogen) atoms. The highest BCUT2D eigenvalue weighted by molar-refractivity contribution is 5.85. The summed E-state index contributed by atoms with van der Waals surface area (Å²) in [6.45, 7) is 3.69. The molecule has 0 aliphatic carbocycles. The third kappa shape index (κ3) is 4.81. The minimum atomic E-state index is -0.0448. The lowest BCUT2D eigenvalue weighted by molar-refractivity contribution is -0.129. The van der Waals surface area contributed by atoms with Crippen LogP contribution in [-0.2, 0) is 9.59 Å². The number of nitrogens with two attached hydrogens (primary N) is 1. The average Bonchev–Trinajstić information content (AvgIpc) is 2.52. The summed E-state index contributed by atoms with van der Waals surface area (Å²) in [5, 5.41) is 2.82. The Balaban J connectivity index is 0.00000225. The van der Waals surface area contributed by atoms with E-state index in [1.54, 1.807) is 4.90 Å². The summed E-state index contributed by atoms with van der Waals surface area (Å²) >= 11 is 0. The molecule has 2 amide bonds. The first-order chi connectivity index (χ1) is 7.13. The molecule has 0 bridgehead atoms. The van der Waals surface area contributed by atoms with Crippen molar-refractivity contribution in [1.29, 1.82) is 0 Å². The monoisotopic (exact) mass is 249 g/mol. The van der Waals surface area contributed by atoms with Gasteiger partial charge in [0.05, 0.1) is 0 Å². The largest absolute Gasteiger partial charge is 0.352 e. The van der Waals surface area contributed by atoms with Crippen molar-refractivity contribution in [1.82, 2.24) is 10.2 Å². The normalized spacial score (nSPS) is 16.9. The number of carbonyl (C=O) groups is 2. The van der Waals surface area contributed by atoms with Crippen LogP contribution < -0.4 is 11.1 Å². The lowest BCUT2D eigenvalue weighted by Gasteiger charge is -2.21. The van der Waals surface area contributed by atoms with E-state index in [1.807, 2.05) is 6.92 Å². The van der Waals surface area contributed by atoms with E-state index in [1.165, 1.54) is 0 Å². The van der Waals surface area contributed by atoms with Crippen LogP contribution in [0.3, 0.4) is 0 Å². The van der Waals surface area contributed by atoms with Crippen LogP contribution >= 0.6 is 12.4 Å². The Morgan fingerprint density at radius 3 is 2.81 bits per heavy atom. The molecule has 5 nitrogen and oxygen atoms in total. The summed E-state index contributed by atoms with van der Waals surface area (Å²) < 4.78 is 0. The van der Waals surface area contributed by atoms with E-state index in [4.69, 9.17) is 5.73 Å². The van der Waals surface area contributed by atoms with Crippen molar-refractivity contribution in [3.8, 4) is 0 Å². The van der Waals surface area contributed by atoms with Gasteiger partial charge in [0.2, 0.25) is 11.8 Å². The summed E-state index contributed by atoms with van der Waals surface area (Å²) in [4.78, 5) is 24.3. The number of halogens is 1. The van der Waals surface area contributed by atoms with E-state index in [9.17, 15) is 9.59 Å². The van der Waals surface area contributed by atoms with Crippen LogP contribution in [0.15, 0.2) is 0 Å². The lowest BCUT2D eigenvalue weighted by atomic mass is 10.3. The number of nitrogens with one attached hydrogen (secondary N) is 1. The van der Waals surface area contributed by atoms with E-state index in [2.05, 4.69) is 5.32 Å². The highest BCUT2D eigenvalue weighted by Gasteiger charge is 2.22. The summed E-state index contributed by atoms with van der Waals surface area (Å²) in [6, 6.07) is 0.00565. The topological polar surface area (TPSA) is 75.4 Å². The summed E-state index contributed by atoms with van der Waals surface area (Å²) in [7, 11) is 0. The molecular formula is C10H20ClN3O2. The van der Waals surface area contributed by atoms with Crippen molar-refractivity contribution in [2.75, 3.05) is 19.6 Å². The van der Waals surface area contributed by atoms with E-state index in [0.29, 0.717) is 25.9 Å². The zero-order valence-electron chi connectivity index (χ0n) is 9.57. The standard InChI is InChI=1S/C10H19N3O2.ClH/c1-8(12-9(14)4-5-11)7-13-6-2-3-10(13)15;/h8H,2-7,11H2,1H3,(H,12,14);1H. The quantitative estimate of drug-likeness (QED) is 0.714. The van der Waals surface area contributed by atoms with Crippen LogP contribution in [0.2, 0.25) is 0 Å². The fraction of sp³-hybridized carbons (Fsp3) is 0.800. The smallest absolute Gasteiger partial charge is 0.222 e. The summed E-state index contributed by atoms with van der Waals surface area (Å²) in [5.74, 6) is 0.145. The fourth-order valence-electron chi connectivity index (χ4n) is 1.75. The van der Waals surface area contributed by atoms with Gasteiger partial charge in [-0.05, 0) is 13.3 Å². The summed E-state index contributed by atoms with van der Waals surface area (Å²) in [5.41, 5.74) is 5.27. The van der Waals surface area contributed by atoms with Crippen LogP contribution in [0.25, 0.3) is 0 Å². The summed E-state index contributed by atoms with van der Waals surface area (Å²) in [6.07, 6.45) is 1.92. The maximum absolute atomic E-state index is 11.3. The van der Waals surface area contributed by atoms with Crippen LogP contribution in [-0.4, -0.2) is 42.4 Å². The Morgan fingerprint density at radius 1 is 1.62 bits per heavy atom. The third-order valence-corrected chi connectivity index (χ3v) is 2.44. The van der Waals surface area contributed by atoms with Crippen molar-refractivity contribution in [2.45, 2.75) is 32.2 Å². The van der Waals surface area contributed by atoms with Gasteiger partial charge in [0.15, 0.2) is 0 Å². The first-order valence-corrected chi connectivity index (χ1v) is 5.40. The van der Waals surface area contributed by atoms with Crippen molar-refractivity contribution in [3.63, 3.8) is 0 Å². The Bertz CT molecular complexity index is 248. The number of amides is 2. The molecule has 0 spiro atoms. The molecule has 0 saturated carbocycles. The van der Waals surface area contributed by atoms with Gasteiger partial charge in [-0.1, -0.05) is 0 Å². The maximum atomic E-state index is 11.3. The molecule has 3 N–H and O–H groups in total. The third-order valence-electron chi connectivity index (χ3n) is 2.44. The molecule has 0 radical (unpaired) electrons. The predicted octanol–water partition coefficient (Wildman–Crippen LogP) is -0.116. The highest BCUT2D eigenvalue weighted by Crippen LogP contribution is 2.09.